The molecule has 2 aromatic heterocycles. The average molecular weight is 315 g/mol. The van der Waals surface area contributed by atoms with Gasteiger partial charge >= 0.3 is 0 Å². The minimum atomic E-state index is -0.614. The van der Waals surface area contributed by atoms with Gasteiger partial charge in [0.2, 0.25) is 0 Å². The number of primary amides is 1. The van der Waals surface area contributed by atoms with Crippen LogP contribution in [0.15, 0.2) is 36.7 Å². The van der Waals surface area contributed by atoms with E-state index in [2.05, 4.69) is 20.8 Å². The van der Waals surface area contributed by atoms with Crippen LogP contribution >= 0.6 is 0 Å². The number of nitrogens with one attached hydrogen (secondary N) is 2. The third-order valence-corrected chi connectivity index (χ3v) is 2.89. The highest BCUT2D eigenvalue weighted by atomic mass is 16.1. The minimum absolute atomic E-state index is 0.187. The first-order valence-electron chi connectivity index (χ1n) is 6.71. The normalized spacial score (nSPS) is 11.2. The van der Waals surface area contributed by atoms with Gasteiger partial charge in [-0.15, -0.1) is 5.10 Å². The van der Waals surface area contributed by atoms with Crippen LogP contribution in [0.5, 0.6) is 0 Å². The summed E-state index contributed by atoms with van der Waals surface area (Å²) in [5, 5.41) is 8.94. The number of aldehydes is 1. The Morgan fingerprint density at radius 3 is 2.83 bits per heavy atom. The number of carbonyl (C=O) groups is 2. The van der Waals surface area contributed by atoms with Crippen LogP contribution in [0.25, 0.3) is 5.65 Å². The molecule has 0 unspecified atom stereocenters. The Balaban J connectivity index is 2.31. The van der Waals surface area contributed by atoms with Crippen molar-refractivity contribution in [3.63, 3.8) is 0 Å². The number of hydrogen-bond acceptors (Lipinski definition) is 7. The van der Waals surface area contributed by atoms with Crippen LogP contribution in [0.4, 0.5) is 11.5 Å². The number of rotatable bonds is 7. The standard InChI is InChI=1S/C14H17N7O2/c1-16-10-8-12(18-20(2)6-4-3-5-7-22)19-21-11(13(15)23)9-17-14(10)21/h3-9,16H,1-2H3,(H2,15,23)(H,18,19)/b5-3-,6-4-. The predicted octanol–water partition coefficient (Wildman–Crippen LogP) is 0.397. The van der Waals surface area contributed by atoms with Gasteiger partial charge in [-0.05, 0) is 12.2 Å². The summed E-state index contributed by atoms with van der Waals surface area (Å²) in [5.41, 5.74) is 9.71. The molecule has 0 aliphatic rings. The van der Waals surface area contributed by atoms with E-state index in [0.29, 0.717) is 23.4 Å². The van der Waals surface area contributed by atoms with E-state index in [0.717, 1.165) is 0 Å². The van der Waals surface area contributed by atoms with Gasteiger partial charge < -0.3 is 11.1 Å². The van der Waals surface area contributed by atoms with Gasteiger partial charge in [0.05, 0.1) is 11.9 Å². The number of anilines is 2. The molecular formula is C14H17N7O2. The summed E-state index contributed by atoms with van der Waals surface area (Å²) in [6, 6.07) is 1.75. The zero-order valence-corrected chi connectivity index (χ0v) is 12.7. The fourth-order valence-corrected chi connectivity index (χ4v) is 1.88. The molecular weight excluding hydrogens is 298 g/mol. The first-order valence-corrected chi connectivity index (χ1v) is 6.71. The highest BCUT2D eigenvalue weighted by molar-refractivity contribution is 5.92. The smallest absolute Gasteiger partial charge is 0.269 e. The van der Waals surface area contributed by atoms with E-state index in [4.69, 9.17) is 5.73 Å². The topological polar surface area (TPSA) is 118 Å². The molecule has 0 aromatic carbocycles. The lowest BCUT2D eigenvalue weighted by Gasteiger charge is -2.17. The highest BCUT2D eigenvalue weighted by Crippen LogP contribution is 2.19. The van der Waals surface area contributed by atoms with Gasteiger partial charge in [-0.3, -0.25) is 20.0 Å². The predicted molar refractivity (Wildman–Crippen MR) is 86.8 cm³/mol. The van der Waals surface area contributed by atoms with E-state index < -0.39 is 5.91 Å². The molecule has 0 spiro atoms. The molecule has 0 aliphatic carbocycles. The third kappa shape index (κ3) is 3.64. The SMILES string of the molecule is CNc1cc(NN(C)/C=C\C=C/C=O)nn2c(C(N)=O)cnc12. The van der Waals surface area contributed by atoms with E-state index in [1.54, 1.807) is 43.5 Å². The number of amides is 1. The van der Waals surface area contributed by atoms with Crippen molar-refractivity contribution in [2.24, 2.45) is 5.73 Å². The number of imidazole rings is 1. The zero-order chi connectivity index (χ0) is 16.8. The summed E-state index contributed by atoms with van der Waals surface area (Å²) in [7, 11) is 3.50. The lowest BCUT2D eigenvalue weighted by atomic mass is 10.4. The second-order valence-electron chi connectivity index (χ2n) is 4.52. The largest absolute Gasteiger partial charge is 0.385 e. The van der Waals surface area contributed by atoms with E-state index in [9.17, 15) is 9.59 Å². The number of hydrogen-bond donors (Lipinski definition) is 3. The van der Waals surface area contributed by atoms with Crippen LogP contribution in [0.1, 0.15) is 10.5 Å². The lowest BCUT2D eigenvalue weighted by molar-refractivity contribution is -0.104. The van der Waals surface area contributed by atoms with Crippen LogP contribution < -0.4 is 16.5 Å². The van der Waals surface area contributed by atoms with Crippen LogP contribution in [-0.4, -0.2) is 45.9 Å². The molecule has 0 saturated heterocycles. The molecule has 0 saturated carbocycles. The number of carbonyl (C=O) groups excluding carboxylic acids is 2. The van der Waals surface area contributed by atoms with Gasteiger partial charge in [0.1, 0.15) is 12.0 Å². The molecule has 0 fully saturated rings. The van der Waals surface area contributed by atoms with Gasteiger partial charge in [0, 0.05) is 26.4 Å². The summed E-state index contributed by atoms with van der Waals surface area (Å²) in [4.78, 5) is 25.8. The van der Waals surface area contributed by atoms with Crippen LogP contribution in [0.3, 0.4) is 0 Å². The molecule has 120 valence electrons. The van der Waals surface area contributed by atoms with E-state index in [1.165, 1.54) is 16.8 Å². The Labute approximate surface area is 132 Å². The van der Waals surface area contributed by atoms with E-state index in [1.807, 2.05) is 0 Å². The second-order valence-corrected chi connectivity index (χ2v) is 4.52. The summed E-state index contributed by atoms with van der Waals surface area (Å²) in [6.45, 7) is 0. The van der Waals surface area contributed by atoms with Crippen molar-refractivity contribution in [3.05, 3.63) is 42.4 Å². The van der Waals surface area contributed by atoms with Crippen molar-refractivity contribution in [3.8, 4) is 0 Å². The summed E-state index contributed by atoms with van der Waals surface area (Å²) >= 11 is 0. The highest BCUT2D eigenvalue weighted by Gasteiger charge is 2.14. The molecule has 0 radical (unpaired) electrons. The van der Waals surface area contributed by atoms with Crippen molar-refractivity contribution in [2.75, 3.05) is 24.8 Å². The van der Waals surface area contributed by atoms with Crippen molar-refractivity contribution in [1.82, 2.24) is 19.6 Å². The number of nitrogens with two attached hydrogens (primary N) is 1. The molecule has 2 heterocycles. The van der Waals surface area contributed by atoms with Crippen molar-refractivity contribution in [1.29, 1.82) is 0 Å². The number of allylic oxidation sites excluding steroid dienone is 3. The van der Waals surface area contributed by atoms with E-state index in [-0.39, 0.29) is 5.69 Å². The molecule has 9 heteroatoms. The third-order valence-electron chi connectivity index (χ3n) is 2.89. The number of fused-ring (bicyclic) bond motifs is 1. The summed E-state index contributed by atoms with van der Waals surface area (Å²) < 4.78 is 1.38. The van der Waals surface area contributed by atoms with Gasteiger partial charge in [-0.25, -0.2) is 9.50 Å². The van der Waals surface area contributed by atoms with Gasteiger partial charge in [-0.1, -0.05) is 6.08 Å². The summed E-state index contributed by atoms with van der Waals surface area (Å²) in [6.07, 6.45) is 8.43. The Hall–Kier alpha value is -3.36. The quantitative estimate of drug-likeness (QED) is 0.293. The maximum atomic E-state index is 11.4. The lowest BCUT2D eigenvalue weighted by Crippen LogP contribution is -2.21. The summed E-state index contributed by atoms with van der Waals surface area (Å²) in [5.74, 6) is -0.134. The van der Waals surface area contributed by atoms with Gasteiger partial charge in [0.15, 0.2) is 11.5 Å². The Kier molecular flexibility index (Phi) is 4.92. The first kappa shape index (κ1) is 16.0. The second kappa shape index (κ2) is 7.07. The van der Waals surface area contributed by atoms with Crippen LogP contribution in [0, 0.1) is 0 Å². The fraction of sp³-hybridized carbons (Fsp3) is 0.143. The molecule has 23 heavy (non-hydrogen) atoms. The number of nitrogens with zero attached hydrogens (tertiary/aromatic N) is 4. The zero-order valence-electron chi connectivity index (χ0n) is 12.7. The number of aromatic nitrogens is 3. The molecule has 2 rings (SSSR count). The number of hydrazine groups is 1. The maximum Gasteiger partial charge on any atom is 0.269 e. The van der Waals surface area contributed by atoms with E-state index >= 15 is 0 Å². The first-order chi connectivity index (χ1) is 11.1. The average Bonchev–Trinajstić information content (AvgIpc) is 2.95. The van der Waals surface area contributed by atoms with Gasteiger partial charge in [-0.2, -0.15) is 0 Å². The molecule has 1 amide bonds. The fourth-order valence-electron chi connectivity index (χ4n) is 1.88. The van der Waals surface area contributed by atoms with Crippen LogP contribution in [0.2, 0.25) is 0 Å². The van der Waals surface area contributed by atoms with Crippen molar-refractivity contribution >= 4 is 29.3 Å². The molecule has 0 aliphatic heterocycles. The van der Waals surface area contributed by atoms with Crippen molar-refractivity contribution in [2.45, 2.75) is 0 Å². The maximum absolute atomic E-state index is 11.4. The minimum Gasteiger partial charge on any atom is -0.385 e. The Morgan fingerprint density at radius 1 is 1.39 bits per heavy atom. The molecule has 4 N–H and O–H groups in total. The Bertz CT molecular complexity index is 779. The van der Waals surface area contributed by atoms with Crippen molar-refractivity contribution < 1.29 is 9.59 Å². The molecule has 0 atom stereocenters. The van der Waals surface area contributed by atoms with Crippen LogP contribution in [-0.2, 0) is 4.79 Å². The monoisotopic (exact) mass is 315 g/mol. The molecule has 0 bridgehead atoms. The van der Waals surface area contributed by atoms with Gasteiger partial charge in [0.25, 0.3) is 5.91 Å². The molecule has 9 nitrogen and oxygen atoms in total. The Morgan fingerprint density at radius 2 is 2.17 bits per heavy atom. The molecule has 2 aromatic rings.